The predicted octanol–water partition coefficient (Wildman–Crippen LogP) is 1.11. The maximum Gasteiger partial charge on any atom is 0.321 e. The van der Waals surface area contributed by atoms with Gasteiger partial charge in [-0.05, 0) is 42.7 Å². The fraction of sp³-hybridized carbons (Fsp3) is 0.500. The molecule has 3 N–H and O–H groups in total. The van der Waals surface area contributed by atoms with E-state index in [4.69, 9.17) is 0 Å². The maximum absolute atomic E-state index is 11.6. The van der Waals surface area contributed by atoms with E-state index >= 15 is 0 Å². The Bertz CT molecular complexity index is 392. The van der Waals surface area contributed by atoms with E-state index in [1.54, 1.807) is 18.3 Å². The summed E-state index contributed by atoms with van der Waals surface area (Å²) in [5.41, 5.74) is 1.25. The summed E-state index contributed by atoms with van der Waals surface area (Å²) in [5.74, 6) is -0.327. The highest BCUT2D eigenvalue weighted by Gasteiger charge is 2.17. The average molecular weight is 269 g/mol. The fourth-order valence-corrected chi connectivity index (χ4v) is 2.29. The van der Waals surface area contributed by atoms with Gasteiger partial charge in [-0.3, -0.25) is 10.1 Å². The third-order valence-corrected chi connectivity index (χ3v) is 3.25. The molecule has 2 unspecified atom stereocenters. The van der Waals surface area contributed by atoms with Gasteiger partial charge in [0.2, 0.25) is 5.91 Å². The summed E-state index contributed by atoms with van der Waals surface area (Å²) in [6.45, 7) is 3.75. The first-order valence-corrected chi connectivity index (χ1v) is 6.77. The van der Waals surface area contributed by atoms with Crippen LogP contribution in [0.15, 0.2) is 16.8 Å². The van der Waals surface area contributed by atoms with Crippen LogP contribution >= 0.6 is 11.3 Å². The van der Waals surface area contributed by atoms with E-state index in [1.807, 2.05) is 12.3 Å². The number of imide groups is 1. The molecule has 0 fully saturated rings. The zero-order valence-corrected chi connectivity index (χ0v) is 11.6. The van der Waals surface area contributed by atoms with E-state index in [9.17, 15) is 9.59 Å². The topological polar surface area (TPSA) is 70.2 Å². The minimum atomic E-state index is -0.487. The molecule has 0 saturated heterocycles. The fourth-order valence-electron chi connectivity index (χ4n) is 1.61. The standard InChI is InChI=1S/C12H19N3O2S/c1-8(6-10-4-5-18-7-10)14-9(2)11(16)15-12(17)13-3/h4-5,7-9,14H,6H2,1-3H3,(H2,13,15,16,17). The van der Waals surface area contributed by atoms with Gasteiger partial charge < -0.3 is 10.6 Å². The molecule has 1 aromatic rings. The van der Waals surface area contributed by atoms with Gasteiger partial charge in [-0.25, -0.2) is 4.79 Å². The largest absolute Gasteiger partial charge is 0.341 e. The Morgan fingerprint density at radius 1 is 1.39 bits per heavy atom. The summed E-state index contributed by atoms with van der Waals surface area (Å²) in [4.78, 5) is 22.6. The van der Waals surface area contributed by atoms with Crippen molar-refractivity contribution in [3.05, 3.63) is 22.4 Å². The van der Waals surface area contributed by atoms with Crippen molar-refractivity contribution in [1.82, 2.24) is 16.0 Å². The lowest BCUT2D eigenvalue weighted by molar-refractivity contribution is -0.121. The molecule has 1 heterocycles. The van der Waals surface area contributed by atoms with Crippen molar-refractivity contribution in [1.29, 1.82) is 0 Å². The van der Waals surface area contributed by atoms with E-state index in [-0.39, 0.29) is 11.9 Å². The minimum Gasteiger partial charge on any atom is -0.341 e. The van der Waals surface area contributed by atoms with E-state index in [2.05, 4.69) is 27.4 Å². The van der Waals surface area contributed by atoms with Crippen LogP contribution in [0.3, 0.4) is 0 Å². The van der Waals surface area contributed by atoms with Crippen LogP contribution in [-0.4, -0.2) is 31.1 Å². The number of amides is 3. The molecule has 0 aliphatic rings. The zero-order valence-electron chi connectivity index (χ0n) is 10.8. The molecule has 0 bridgehead atoms. The van der Waals surface area contributed by atoms with E-state index in [1.165, 1.54) is 12.6 Å². The SMILES string of the molecule is CNC(=O)NC(=O)C(C)NC(C)Cc1ccsc1. The molecular weight excluding hydrogens is 250 g/mol. The van der Waals surface area contributed by atoms with E-state index in [0.717, 1.165) is 6.42 Å². The quantitative estimate of drug-likeness (QED) is 0.750. The van der Waals surface area contributed by atoms with Crippen LogP contribution in [0.1, 0.15) is 19.4 Å². The number of hydrogen-bond donors (Lipinski definition) is 3. The molecular formula is C12H19N3O2S. The smallest absolute Gasteiger partial charge is 0.321 e. The molecule has 0 aliphatic carbocycles. The predicted molar refractivity (Wildman–Crippen MR) is 72.7 cm³/mol. The van der Waals surface area contributed by atoms with Gasteiger partial charge in [0.25, 0.3) is 0 Å². The van der Waals surface area contributed by atoms with Gasteiger partial charge in [0.05, 0.1) is 6.04 Å². The van der Waals surface area contributed by atoms with Crippen LogP contribution in [0.4, 0.5) is 4.79 Å². The Hall–Kier alpha value is -1.40. The summed E-state index contributed by atoms with van der Waals surface area (Å²) < 4.78 is 0. The van der Waals surface area contributed by atoms with Gasteiger partial charge >= 0.3 is 6.03 Å². The molecule has 0 radical (unpaired) electrons. The molecule has 1 rings (SSSR count). The van der Waals surface area contributed by atoms with E-state index in [0.29, 0.717) is 0 Å². The van der Waals surface area contributed by atoms with Gasteiger partial charge in [0, 0.05) is 13.1 Å². The Kier molecular flexibility index (Phi) is 5.80. The number of rotatable bonds is 5. The second-order valence-electron chi connectivity index (χ2n) is 4.19. The molecule has 18 heavy (non-hydrogen) atoms. The lowest BCUT2D eigenvalue weighted by Crippen LogP contribution is -2.49. The highest BCUT2D eigenvalue weighted by atomic mass is 32.1. The maximum atomic E-state index is 11.6. The van der Waals surface area contributed by atoms with Crippen LogP contribution < -0.4 is 16.0 Å². The summed E-state index contributed by atoms with van der Waals surface area (Å²) in [6, 6.07) is 1.35. The Morgan fingerprint density at radius 3 is 2.67 bits per heavy atom. The molecule has 0 saturated carbocycles. The van der Waals surface area contributed by atoms with Gasteiger partial charge in [-0.2, -0.15) is 11.3 Å². The first kappa shape index (κ1) is 14.7. The molecule has 2 atom stereocenters. The lowest BCUT2D eigenvalue weighted by Gasteiger charge is -2.18. The summed E-state index contributed by atoms with van der Waals surface area (Å²) >= 11 is 1.66. The third-order valence-electron chi connectivity index (χ3n) is 2.51. The molecule has 5 nitrogen and oxygen atoms in total. The van der Waals surface area contributed by atoms with Crippen LogP contribution in [0.5, 0.6) is 0 Å². The number of carbonyl (C=O) groups is 2. The number of thiophene rings is 1. The second kappa shape index (κ2) is 7.13. The Balaban J connectivity index is 2.36. The molecule has 0 aliphatic heterocycles. The molecule has 0 aromatic carbocycles. The third kappa shape index (κ3) is 4.85. The molecule has 0 spiro atoms. The number of urea groups is 1. The molecule has 100 valence electrons. The van der Waals surface area contributed by atoms with Crippen molar-refractivity contribution in [2.45, 2.75) is 32.4 Å². The number of nitrogens with one attached hydrogen (secondary N) is 3. The minimum absolute atomic E-state index is 0.171. The Labute approximate surface area is 111 Å². The number of hydrogen-bond acceptors (Lipinski definition) is 4. The second-order valence-corrected chi connectivity index (χ2v) is 4.97. The van der Waals surface area contributed by atoms with Gasteiger partial charge in [0.15, 0.2) is 0 Å². The van der Waals surface area contributed by atoms with Crippen molar-refractivity contribution in [2.24, 2.45) is 0 Å². The summed E-state index contributed by atoms with van der Waals surface area (Å²) in [7, 11) is 1.47. The first-order valence-electron chi connectivity index (χ1n) is 5.82. The Morgan fingerprint density at radius 2 is 2.11 bits per heavy atom. The van der Waals surface area contributed by atoms with Crippen LogP contribution in [0.2, 0.25) is 0 Å². The molecule has 1 aromatic heterocycles. The van der Waals surface area contributed by atoms with Gasteiger partial charge in [-0.1, -0.05) is 0 Å². The van der Waals surface area contributed by atoms with Crippen molar-refractivity contribution in [2.75, 3.05) is 7.05 Å². The van der Waals surface area contributed by atoms with Crippen LogP contribution in [0.25, 0.3) is 0 Å². The van der Waals surface area contributed by atoms with Crippen molar-refractivity contribution >= 4 is 23.3 Å². The van der Waals surface area contributed by atoms with E-state index < -0.39 is 12.1 Å². The lowest BCUT2D eigenvalue weighted by atomic mass is 10.1. The highest BCUT2D eigenvalue weighted by molar-refractivity contribution is 7.07. The normalized spacial score (nSPS) is 13.7. The van der Waals surface area contributed by atoms with Crippen molar-refractivity contribution < 1.29 is 9.59 Å². The average Bonchev–Trinajstić information content (AvgIpc) is 2.81. The number of carbonyl (C=O) groups excluding carboxylic acids is 2. The summed E-state index contributed by atoms with van der Waals surface area (Å²) in [6.07, 6.45) is 0.862. The van der Waals surface area contributed by atoms with Gasteiger partial charge in [-0.15, -0.1) is 0 Å². The monoisotopic (exact) mass is 269 g/mol. The molecule has 6 heteroatoms. The summed E-state index contributed by atoms with van der Waals surface area (Å²) in [5, 5.41) is 11.9. The van der Waals surface area contributed by atoms with Crippen molar-refractivity contribution in [3.8, 4) is 0 Å². The van der Waals surface area contributed by atoms with Crippen molar-refractivity contribution in [3.63, 3.8) is 0 Å². The molecule has 3 amide bonds. The van der Waals surface area contributed by atoms with Crippen LogP contribution in [0, 0.1) is 0 Å². The van der Waals surface area contributed by atoms with Crippen LogP contribution in [-0.2, 0) is 11.2 Å². The zero-order chi connectivity index (χ0) is 13.5. The first-order chi connectivity index (χ1) is 8.52. The van der Waals surface area contributed by atoms with Gasteiger partial charge in [0.1, 0.15) is 0 Å². The highest BCUT2D eigenvalue weighted by Crippen LogP contribution is 2.08.